The van der Waals surface area contributed by atoms with Crippen LogP contribution < -0.4 is 4.13 Å². The molecule has 2 fully saturated rings. The minimum absolute atomic E-state index is 0.542. The van der Waals surface area contributed by atoms with Gasteiger partial charge in [0.25, 0.3) is 0 Å². The molecule has 1 N–H and O–H groups in total. The van der Waals surface area contributed by atoms with Crippen molar-refractivity contribution in [2.75, 3.05) is 0 Å². The maximum atomic E-state index is 6.76. The maximum Gasteiger partial charge on any atom is 0.138 e. The molecule has 2 heterocycles. The van der Waals surface area contributed by atoms with Crippen molar-refractivity contribution in [2.24, 2.45) is 17.8 Å². The van der Waals surface area contributed by atoms with Crippen molar-refractivity contribution in [1.82, 2.24) is 4.13 Å². The predicted octanol–water partition coefficient (Wildman–Crippen LogP) is 8.39. The number of rotatable bonds is 1. The van der Waals surface area contributed by atoms with E-state index >= 15 is 0 Å². The van der Waals surface area contributed by atoms with Crippen molar-refractivity contribution >= 4 is 45.8 Å². The van der Waals surface area contributed by atoms with E-state index in [0.717, 1.165) is 17.1 Å². The van der Waals surface area contributed by atoms with Crippen LogP contribution in [-0.2, 0) is 0 Å². The Morgan fingerprint density at radius 1 is 0.562 bits per heavy atom. The number of fused-ring (bicyclic) bond motifs is 4. The lowest BCUT2D eigenvalue weighted by Gasteiger charge is -2.46. The first-order chi connectivity index (χ1) is 15.1. The van der Waals surface area contributed by atoms with Gasteiger partial charge >= 0.3 is 0 Å². The van der Waals surface area contributed by atoms with Crippen molar-refractivity contribution in [3.8, 4) is 0 Å². The van der Waals surface area contributed by atoms with Gasteiger partial charge in [0.15, 0.2) is 0 Å². The van der Waals surface area contributed by atoms with Crippen LogP contribution in [-0.4, -0.2) is 10.5 Å². The number of hydrogen-bond donors (Lipinski definition) is 1. The lowest BCUT2D eigenvalue weighted by Crippen LogP contribution is -2.44. The average molecular weight is 468 g/mol. The van der Waals surface area contributed by atoms with Gasteiger partial charge in [-0.05, 0) is 111 Å². The molecular weight excluding hydrogens is 430 g/mol. The van der Waals surface area contributed by atoms with Gasteiger partial charge in [0, 0.05) is 27.2 Å². The fourth-order valence-corrected chi connectivity index (χ4v) is 9.80. The van der Waals surface area contributed by atoms with Gasteiger partial charge in [-0.2, -0.15) is 0 Å². The molecule has 6 unspecified atom stereocenters. The fraction of sp³-hybridized carbons (Fsp3) is 0.571. The minimum Gasteiger partial charge on any atom is -0.455 e. The predicted molar refractivity (Wildman–Crippen MR) is 143 cm³/mol. The number of nitrogens with one attached hydrogen (secondary N) is 1. The molecule has 1 aliphatic heterocycles. The van der Waals surface area contributed by atoms with Gasteiger partial charge in [-0.1, -0.05) is 44.7 Å². The third kappa shape index (κ3) is 2.85. The van der Waals surface area contributed by atoms with E-state index < -0.39 is 0 Å². The zero-order chi connectivity index (χ0) is 23.2. The molecule has 1 aromatic heterocycles. The molecule has 2 aliphatic rings. The number of furan rings is 1. The van der Waals surface area contributed by atoms with Crippen LogP contribution in [0, 0.1) is 66.2 Å². The van der Waals surface area contributed by atoms with Gasteiger partial charge in [-0.15, -0.1) is 0 Å². The molecule has 0 radical (unpaired) electrons. The van der Waals surface area contributed by atoms with Crippen LogP contribution in [0.2, 0.25) is 0 Å². The van der Waals surface area contributed by atoms with Gasteiger partial charge in [-0.3, -0.25) is 0 Å². The second-order valence-corrected chi connectivity index (χ2v) is 12.9. The summed E-state index contributed by atoms with van der Waals surface area (Å²) in [6, 6.07) is 0. The van der Waals surface area contributed by atoms with Crippen molar-refractivity contribution in [3.63, 3.8) is 0 Å². The molecule has 0 amide bonds. The quantitative estimate of drug-likeness (QED) is 0.363. The van der Waals surface area contributed by atoms with E-state index in [1.807, 2.05) is 23.9 Å². The number of benzene rings is 2. The van der Waals surface area contributed by atoms with Gasteiger partial charge in [0.1, 0.15) is 11.2 Å². The van der Waals surface area contributed by atoms with Crippen LogP contribution in [0.1, 0.15) is 71.2 Å². The topological polar surface area (TPSA) is 25.2 Å². The molecule has 2 nitrogen and oxygen atoms in total. The molecule has 3 aromatic rings. The van der Waals surface area contributed by atoms with E-state index in [-0.39, 0.29) is 0 Å². The van der Waals surface area contributed by atoms with Crippen molar-refractivity contribution < 1.29 is 4.42 Å². The first-order valence-electron chi connectivity index (χ1n) is 12.1. The molecule has 0 bridgehead atoms. The standard InChI is InChI=1S/C28H37NOS2/c1-11-12(2)18(8)25-22(14(11)4)23-17(7)16(6)21(20(10)26(23)30-25)24-15(5)13(3)19(9)27-28(24)32-29-31-27/h13,15,19,24,27-29H,1-10H3. The summed E-state index contributed by atoms with van der Waals surface area (Å²) in [6.07, 6.45) is 0. The normalized spacial score (nSPS) is 30.4. The highest BCUT2D eigenvalue weighted by atomic mass is 32.2. The van der Waals surface area contributed by atoms with Crippen LogP contribution in [0.4, 0.5) is 0 Å². The molecule has 1 aliphatic carbocycles. The summed E-state index contributed by atoms with van der Waals surface area (Å²) in [5, 5.41) is 3.94. The first-order valence-corrected chi connectivity index (χ1v) is 13.8. The van der Waals surface area contributed by atoms with E-state index in [0.29, 0.717) is 28.3 Å². The monoisotopic (exact) mass is 467 g/mol. The molecule has 5 rings (SSSR count). The SMILES string of the molecule is Cc1c(C)c(C)c2c(oc3c(C)c(C4C(C)C(C)C(C)C5SNSC54)c(C)c(C)c32)c1C. The Morgan fingerprint density at radius 3 is 1.75 bits per heavy atom. The molecule has 1 saturated heterocycles. The van der Waals surface area contributed by atoms with E-state index in [9.17, 15) is 0 Å². The van der Waals surface area contributed by atoms with Crippen LogP contribution in [0.25, 0.3) is 21.9 Å². The Balaban J connectivity index is 1.84. The summed E-state index contributed by atoms with van der Waals surface area (Å²) in [7, 11) is 0. The van der Waals surface area contributed by atoms with Crippen LogP contribution in [0.15, 0.2) is 4.42 Å². The third-order valence-electron chi connectivity index (χ3n) is 9.52. The Kier molecular flexibility index (Phi) is 5.47. The molecule has 6 atom stereocenters. The Hall–Kier alpha value is -1.10. The zero-order valence-corrected chi connectivity index (χ0v) is 22.8. The summed E-state index contributed by atoms with van der Waals surface area (Å²) in [5.41, 5.74) is 13.4. The van der Waals surface area contributed by atoms with Gasteiger partial charge in [0.05, 0.1) is 0 Å². The van der Waals surface area contributed by atoms with Gasteiger partial charge < -0.3 is 4.42 Å². The number of aryl methyl sites for hydroxylation is 4. The van der Waals surface area contributed by atoms with Crippen LogP contribution in [0.5, 0.6) is 0 Å². The highest BCUT2D eigenvalue weighted by molar-refractivity contribution is 8.16. The molecule has 32 heavy (non-hydrogen) atoms. The van der Waals surface area contributed by atoms with Crippen molar-refractivity contribution in [1.29, 1.82) is 0 Å². The zero-order valence-electron chi connectivity index (χ0n) is 21.2. The smallest absolute Gasteiger partial charge is 0.138 e. The number of hydrogen-bond acceptors (Lipinski definition) is 4. The van der Waals surface area contributed by atoms with Crippen molar-refractivity contribution in [2.45, 2.75) is 85.7 Å². The lowest BCUT2D eigenvalue weighted by molar-refractivity contribution is 0.182. The molecule has 172 valence electrons. The van der Waals surface area contributed by atoms with Gasteiger partial charge in [0.2, 0.25) is 0 Å². The van der Waals surface area contributed by atoms with Crippen LogP contribution in [0.3, 0.4) is 0 Å². The highest BCUT2D eigenvalue weighted by Gasteiger charge is 2.50. The summed E-state index contributed by atoms with van der Waals surface area (Å²) in [5.74, 6) is 2.62. The molecular formula is C28H37NOS2. The second-order valence-electron chi connectivity index (χ2n) is 10.7. The summed E-state index contributed by atoms with van der Waals surface area (Å²) >= 11 is 3.92. The summed E-state index contributed by atoms with van der Waals surface area (Å²) < 4.78 is 10.3. The third-order valence-corrected chi connectivity index (χ3v) is 12.3. The summed E-state index contributed by atoms with van der Waals surface area (Å²) in [6.45, 7) is 23.4. The Labute approximate surface area is 201 Å². The molecule has 2 aromatic carbocycles. The molecule has 1 saturated carbocycles. The van der Waals surface area contributed by atoms with E-state index in [1.165, 1.54) is 49.7 Å². The summed E-state index contributed by atoms with van der Waals surface area (Å²) in [4.78, 5) is 0. The Morgan fingerprint density at radius 2 is 1.09 bits per heavy atom. The second kappa shape index (κ2) is 7.71. The molecule has 0 spiro atoms. The van der Waals surface area contributed by atoms with E-state index in [1.54, 1.807) is 5.56 Å². The maximum absolute atomic E-state index is 6.76. The highest BCUT2D eigenvalue weighted by Crippen LogP contribution is 2.56. The largest absolute Gasteiger partial charge is 0.455 e. The lowest BCUT2D eigenvalue weighted by atomic mass is 9.64. The van der Waals surface area contributed by atoms with Crippen molar-refractivity contribution in [3.05, 3.63) is 44.5 Å². The van der Waals surface area contributed by atoms with Gasteiger partial charge in [-0.25, -0.2) is 4.13 Å². The first kappa shape index (κ1) is 22.7. The minimum atomic E-state index is 0.542. The van der Waals surface area contributed by atoms with Crippen LogP contribution >= 0.6 is 23.9 Å². The van der Waals surface area contributed by atoms with E-state index in [4.69, 9.17) is 4.42 Å². The van der Waals surface area contributed by atoms with E-state index in [2.05, 4.69) is 73.4 Å². The fourth-order valence-electron chi connectivity index (χ4n) is 6.68. The molecule has 4 heteroatoms. The average Bonchev–Trinajstić information content (AvgIpc) is 3.41. The Bertz CT molecular complexity index is 1260.